The van der Waals surface area contributed by atoms with Gasteiger partial charge < -0.3 is 39.8 Å². The molecule has 2 aliphatic carbocycles. The number of Topliss-reactive ketones (excluding diaryl/α,β-unsaturated/α-hetero) is 1. The normalized spacial score (nSPS) is 21.4. The van der Waals surface area contributed by atoms with Gasteiger partial charge in [-0.05, 0) is 72.5 Å². The molecule has 0 spiro atoms. The van der Waals surface area contributed by atoms with Gasteiger partial charge in [-0.2, -0.15) is 0 Å². The summed E-state index contributed by atoms with van der Waals surface area (Å²) in [7, 11) is 1.48. The van der Waals surface area contributed by atoms with Crippen LogP contribution >= 0.6 is 22.6 Å². The van der Waals surface area contributed by atoms with E-state index in [-0.39, 0.29) is 50.3 Å². The summed E-state index contributed by atoms with van der Waals surface area (Å²) in [5, 5.41) is 33.2. The summed E-state index contributed by atoms with van der Waals surface area (Å²) in [6.45, 7) is 1.17. The number of nitrogens with zero attached hydrogens (tertiary/aromatic N) is 1. The van der Waals surface area contributed by atoms with E-state index >= 15 is 0 Å². The number of hydrogen-bond acceptors (Lipinski definition) is 8. The first kappa shape index (κ1) is 32.3. The first-order chi connectivity index (χ1) is 19.2. The molecular formula is C29H41IN2O8. The lowest BCUT2D eigenvalue weighted by Crippen LogP contribution is -2.58. The Hall–Kier alpha value is -2.22. The number of aliphatic hydroxyl groups excluding tert-OH is 3. The topological polar surface area (TPSA) is 146 Å². The van der Waals surface area contributed by atoms with E-state index in [0.29, 0.717) is 39.0 Å². The van der Waals surface area contributed by atoms with Crippen LogP contribution < -0.4 is 14.8 Å². The summed E-state index contributed by atoms with van der Waals surface area (Å²) >= 11 is 2.07. The lowest BCUT2D eigenvalue weighted by atomic mass is 9.85. The molecule has 0 saturated heterocycles. The molecule has 40 heavy (non-hydrogen) atoms. The first-order valence-electron chi connectivity index (χ1n) is 13.9. The van der Waals surface area contributed by atoms with Gasteiger partial charge in [0.05, 0.1) is 29.9 Å². The highest BCUT2D eigenvalue weighted by atomic mass is 127. The molecule has 4 N–H and O–H groups in total. The van der Waals surface area contributed by atoms with Gasteiger partial charge in [0.2, 0.25) is 11.8 Å². The van der Waals surface area contributed by atoms with Gasteiger partial charge in [0.15, 0.2) is 11.5 Å². The van der Waals surface area contributed by atoms with Crippen LogP contribution in [0, 0.1) is 3.57 Å². The number of nitrogens with one attached hydrogen (secondary N) is 1. The fraction of sp³-hybridized carbons (Fsp3) is 0.621. The molecule has 10 nitrogen and oxygen atoms in total. The van der Waals surface area contributed by atoms with E-state index < -0.39 is 24.2 Å². The predicted molar refractivity (Wildman–Crippen MR) is 157 cm³/mol. The van der Waals surface area contributed by atoms with Gasteiger partial charge in [0, 0.05) is 37.4 Å². The molecular weight excluding hydrogens is 631 g/mol. The number of ether oxygens (including phenoxy) is 2. The summed E-state index contributed by atoms with van der Waals surface area (Å²) in [6.07, 6.45) is 5.11. The van der Waals surface area contributed by atoms with Gasteiger partial charge in [-0.25, -0.2) is 0 Å². The standard InChI is InChI=1S/C29H41IN2O8/c1-18(35)7-6-10-26(36)32(21-8-4-3-5-9-21)23-15-20(29(38)31-11-12-33)16-24(27(23)37)40-28-22(30)13-19(17-34)14-25(28)39-2/h13-14,16,21,23-24,27,33-34,37H,3-12,15,17H2,1-2H3,(H,31,38)/t23-,24+,27+/m1/s1. The lowest BCUT2D eigenvalue weighted by Gasteiger charge is -2.45. The van der Waals surface area contributed by atoms with Crippen molar-refractivity contribution in [3.05, 3.63) is 32.9 Å². The van der Waals surface area contributed by atoms with Crippen molar-refractivity contribution >= 4 is 40.2 Å². The summed E-state index contributed by atoms with van der Waals surface area (Å²) < 4.78 is 12.5. The van der Waals surface area contributed by atoms with E-state index in [0.717, 1.165) is 32.1 Å². The van der Waals surface area contributed by atoms with Crippen LogP contribution in [0.3, 0.4) is 0 Å². The van der Waals surface area contributed by atoms with Crippen LogP contribution in [0.5, 0.6) is 11.5 Å². The Kier molecular flexibility index (Phi) is 12.7. The molecule has 222 valence electrons. The van der Waals surface area contributed by atoms with Gasteiger partial charge in [-0.3, -0.25) is 9.59 Å². The minimum atomic E-state index is -1.15. The number of halogens is 1. The molecule has 3 atom stereocenters. The van der Waals surface area contributed by atoms with E-state index in [2.05, 4.69) is 27.9 Å². The third-order valence-corrected chi connectivity index (χ3v) is 8.27. The summed E-state index contributed by atoms with van der Waals surface area (Å²) in [5.74, 6) is 0.199. The minimum Gasteiger partial charge on any atom is -0.493 e. The van der Waals surface area contributed by atoms with Crippen LogP contribution in [0.25, 0.3) is 0 Å². The number of ketones is 1. The molecule has 11 heteroatoms. The number of carbonyl (C=O) groups excluding carboxylic acids is 3. The quantitative estimate of drug-likeness (QED) is 0.234. The zero-order valence-corrected chi connectivity index (χ0v) is 25.4. The van der Waals surface area contributed by atoms with Gasteiger partial charge in [0.25, 0.3) is 0 Å². The van der Waals surface area contributed by atoms with E-state index in [9.17, 15) is 29.7 Å². The van der Waals surface area contributed by atoms with E-state index in [1.54, 1.807) is 23.1 Å². The summed E-state index contributed by atoms with van der Waals surface area (Å²) in [4.78, 5) is 40.0. The molecule has 0 radical (unpaired) electrons. The lowest BCUT2D eigenvalue weighted by molar-refractivity contribution is -0.143. The molecule has 0 unspecified atom stereocenters. The Morgan fingerprint density at radius 2 is 1.85 bits per heavy atom. The zero-order chi connectivity index (χ0) is 29.2. The average molecular weight is 673 g/mol. The van der Waals surface area contributed by atoms with Gasteiger partial charge in [-0.1, -0.05) is 19.3 Å². The Labute approximate surface area is 249 Å². The maximum Gasteiger partial charge on any atom is 0.247 e. The molecule has 0 heterocycles. The highest BCUT2D eigenvalue weighted by Crippen LogP contribution is 2.38. The Bertz CT molecular complexity index is 1070. The van der Waals surface area contributed by atoms with Crippen LogP contribution in [0.1, 0.15) is 70.3 Å². The number of aliphatic hydroxyl groups is 3. The molecule has 1 aromatic carbocycles. The van der Waals surface area contributed by atoms with E-state index in [1.165, 1.54) is 14.0 Å². The largest absolute Gasteiger partial charge is 0.493 e. The van der Waals surface area contributed by atoms with Crippen molar-refractivity contribution in [1.29, 1.82) is 0 Å². The minimum absolute atomic E-state index is 0.0183. The summed E-state index contributed by atoms with van der Waals surface area (Å²) in [6, 6.07) is 2.59. The number of methoxy groups -OCH3 is 1. The van der Waals surface area contributed by atoms with E-state index in [1.807, 2.05) is 0 Å². The van der Waals surface area contributed by atoms with E-state index in [4.69, 9.17) is 9.47 Å². The van der Waals surface area contributed by atoms with Crippen LogP contribution in [0.15, 0.2) is 23.8 Å². The molecule has 2 amide bonds. The second-order valence-corrected chi connectivity index (χ2v) is 11.6. The third-order valence-electron chi connectivity index (χ3n) is 7.47. The molecule has 1 aromatic rings. The highest BCUT2D eigenvalue weighted by Gasteiger charge is 2.43. The molecule has 0 aromatic heterocycles. The Balaban J connectivity index is 1.99. The van der Waals surface area contributed by atoms with Crippen molar-refractivity contribution in [3.8, 4) is 11.5 Å². The number of carbonyl (C=O) groups is 3. The molecule has 1 saturated carbocycles. The van der Waals surface area contributed by atoms with Gasteiger partial charge >= 0.3 is 0 Å². The number of benzene rings is 1. The maximum atomic E-state index is 13.7. The van der Waals surface area contributed by atoms with Crippen molar-refractivity contribution in [3.63, 3.8) is 0 Å². The first-order valence-corrected chi connectivity index (χ1v) is 15.0. The SMILES string of the molecule is COc1cc(CO)cc(I)c1O[C@H]1C=C(C(=O)NCCO)C[C@@H](N(C(=O)CCCC(C)=O)C2CCCCC2)[C@@H]1O. The van der Waals surface area contributed by atoms with Gasteiger partial charge in [-0.15, -0.1) is 0 Å². The van der Waals surface area contributed by atoms with Gasteiger partial charge in [0.1, 0.15) is 18.0 Å². The fourth-order valence-corrected chi connectivity index (χ4v) is 6.29. The molecule has 0 bridgehead atoms. The number of hydrogen-bond donors (Lipinski definition) is 4. The molecule has 3 rings (SSSR count). The second-order valence-electron chi connectivity index (χ2n) is 10.4. The highest BCUT2D eigenvalue weighted by molar-refractivity contribution is 14.1. The second kappa shape index (κ2) is 15.7. The van der Waals surface area contributed by atoms with Crippen molar-refractivity contribution < 1.29 is 39.2 Å². The third kappa shape index (κ3) is 8.40. The van der Waals surface area contributed by atoms with Crippen molar-refractivity contribution in [2.45, 2.75) is 95.6 Å². The monoisotopic (exact) mass is 672 g/mol. The Morgan fingerprint density at radius 1 is 1.12 bits per heavy atom. The average Bonchev–Trinajstić information content (AvgIpc) is 2.94. The van der Waals surface area contributed by atoms with Crippen molar-refractivity contribution in [1.82, 2.24) is 10.2 Å². The maximum absolute atomic E-state index is 13.7. The van der Waals surface area contributed by atoms with Crippen molar-refractivity contribution in [2.75, 3.05) is 20.3 Å². The fourth-order valence-electron chi connectivity index (χ4n) is 5.50. The number of amides is 2. The molecule has 0 aliphatic heterocycles. The molecule has 1 fully saturated rings. The zero-order valence-electron chi connectivity index (χ0n) is 23.2. The van der Waals surface area contributed by atoms with Crippen LogP contribution in [0.2, 0.25) is 0 Å². The van der Waals surface area contributed by atoms with Crippen LogP contribution in [-0.4, -0.2) is 82.4 Å². The molecule has 2 aliphatic rings. The van der Waals surface area contributed by atoms with Crippen LogP contribution in [-0.2, 0) is 21.0 Å². The predicted octanol–water partition coefficient (Wildman–Crippen LogP) is 2.63. The van der Waals surface area contributed by atoms with Crippen molar-refractivity contribution in [2.24, 2.45) is 0 Å². The number of rotatable bonds is 13. The smallest absolute Gasteiger partial charge is 0.247 e. The summed E-state index contributed by atoms with van der Waals surface area (Å²) in [5.41, 5.74) is 0.988. The van der Waals surface area contributed by atoms with Crippen LogP contribution in [0.4, 0.5) is 0 Å². The Morgan fingerprint density at radius 3 is 2.48 bits per heavy atom.